The molecule has 0 N–H and O–H groups in total. The highest BCUT2D eigenvalue weighted by molar-refractivity contribution is 9.10. The van der Waals surface area contributed by atoms with Gasteiger partial charge in [0.1, 0.15) is 11.6 Å². The first kappa shape index (κ1) is 11.6. The molecule has 0 saturated carbocycles. The zero-order valence-electron chi connectivity index (χ0n) is 8.45. The van der Waals surface area contributed by atoms with E-state index in [1.54, 1.807) is 17.4 Å². The predicted octanol–water partition coefficient (Wildman–Crippen LogP) is 4.27. The lowest BCUT2D eigenvalue weighted by Crippen LogP contribution is -2.00. The molecule has 1 nitrogen and oxygen atoms in total. The molecular weight excluding hydrogens is 291 g/mol. The van der Waals surface area contributed by atoms with Crippen molar-refractivity contribution in [1.29, 1.82) is 0 Å². The van der Waals surface area contributed by atoms with E-state index in [4.69, 9.17) is 4.74 Å². The summed E-state index contributed by atoms with van der Waals surface area (Å²) in [6.07, 6.45) is 0.853. The first-order chi connectivity index (χ1) is 7.74. The average Bonchev–Trinajstić information content (AvgIpc) is 2.69. The fourth-order valence-electron chi connectivity index (χ4n) is 1.34. The van der Waals surface area contributed by atoms with Gasteiger partial charge in [0.05, 0.1) is 6.61 Å². The van der Waals surface area contributed by atoms with Crippen molar-refractivity contribution in [3.8, 4) is 5.75 Å². The Morgan fingerprint density at radius 2 is 2.19 bits per heavy atom. The summed E-state index contributed by atoms with van der Waals surface area (Å²) in [6.45, 7) is 0.566. The number of ether oxygens (including phenoxy) is 1. The van der Waals surface area contributed by atoms with Gasteiger partial charge in [0, 0.05) is 21.8 Å². The zero-order valence-corrected chi connectivity index (χ0v) is 10.9. The third-order valence-electron chi connectivity index (χ3n) is 2.03. The normalized spacial score (nSPS) is 10.4. The van der Waals surface area contributed by atoms with Crippen molar-refractivity contribution in [3.05, 3.63) is 50.9 Å². The summed E-state index contributed by atoms with van der Waals surface area (Å²) in [6, 6.07) is 8.64. The van der Waals surface area contributed by atoms with E-state index in [-0.39, 0.29) is 5.82 Å². The number of hydrogen-bond donors (Lipinski definition) is 0. The van der Waals surface area contributed by atoms with E-state index >= 15 is 0 Å². The monoisotopic (exact) mass is 300 g/mol. The molecule has 2 rings (SSSR count). The SMILES string of the molecule is Fc1cc(Br)cc(OCCc2cccs2)c1. The standard InChI is InChI=1S/C12H10BrFOS/c13-9-6-10(14)8-11(7-9)15-4-3-12-2-1-5-16-12/h1-2,5-8H,3-4H2. The van der Waals surface area contributed by atoms with Gasteiger partial charge in [-0.1, -0.05) is 22.0 Å². The molecule has 0 bridgehead atoms. The molecule has 0 unspecified atom stereocenters. The molecular formula is C12H10BrFOS. The van der Waals surface area contributed by atoms with Crippen LogP contribution in [-0.4, -0.2) is 6.61 Å². The lowest BCUT2D eigenvalue weighted by molar-refractivity contribution is 0.321. The summed E-state index contributed by atoms with van der Waals surface area (Å²) >= 11 is 4.93. The smallest absolute Gasteiger partial charge is 0.128 e. The van der Waals surface area contributed by atoms with Gasteiger partial charge in [-0.2, -0.15) is 0 Å². The van der Waals surface area contributed by atoms with E-state index in [1.807, 2.05) is 11.4 Å². The molecule has 0 aliphatic heterocycles. The van der Waals surface area contributed by atoms with E-state index < -0.39 is 0 Å². The van der Waals surface area contributed by atoms with Crippen molar-refractivity contribution in [2.45, 2.75) is 6.42 Å². The zero-order chi connectivity index (χ0) is 11.4. The molecule has 0 fully saturated rings. The van der Waals surface area contributed by atoms with Gasteiger partial charge in [-0.3, -0.25) is 0 Å². The maximum Gasteiger partial charge on any atom is 0.128 e. The van der Waals surface area contributed by atoms with Gasteiger partial charge in [0.2, 0.25) is 0 Å². The molecule has 0 aliphatic carbocycles. The topological polar surface area (TPSA) is 9.23 Å². The van der Waals surface area contributed by atoms with E-state index in [9.17, 15) is 4.39 Å². The van der Waals surface area contributed by atoms with Crippen LogP contribution >= 0.6 is 27.3 Å². The molecule has 0 amide bonds. The van der Waals surface area contributed by atoms with E-state index in [1.165, 1.54) is 17.0 Å². The summed E-state index contributed by atoms with van der Waals surface area (Å²) < 4.78 is 19.2. The number of rotatable bonds is 4. The second-order valence-corrected chi connectivity index (χ2v) is 5.23. The quantitative estimate of drug-likeness (QED) is 0.819. The Labute approximate surface area is 106 Å². The molecule has 16 heavy (non-hydrogen) atoms. The lowest BCUT2D eigenvalue weighted by atomic mass is 10.3. The fourth-order valence-corrected chi connectivity index (χ4v) is 2.47. The highest BCUT2D eigenvalue weighted by atomic mass is 79.9. The minimum absolute atomic E-state index is 0.291. The third-order valence-corrected chi connectivity index (χ3v) is 3.43. The van der Waals surface area contributed by atoms with Crippen molar-refractivity contribution >= 4 is 27.3 Å². The van der Waals surface area contributed by atoms with Crippen LogP contribution in [0.1, 0.15) is 4.88 Å². The van der Waals surface area contributed by atoms with Gasteiger partial charge in [-0.05, 0) is 23.6 Å². The minimum atomic E-state index is -0.291. The second kappa shape index (κ2) is 5.46. The molecule has 0 saturated heterocycles. The fraction of sp³-hybridized carbons (Fsp3) is 0.167. The highest BCUT2D eigenvalue weighted by Crippen LogP contribution is 2.21. The van der Waals surface area contributed by atoms with E-state index in [0.29, 0.717) is 16.8 Å². The van der Waals surface area contributed by atoms with Gasteiger partial charge in [0.15, 0.2) is 0 Å². The number of halogens is 2. The Kier molecular flexibility index (Phi) is 3.96. The summed E-state index contributed by atoms with van der Waals surface area (Å²) in [4.78, 5) is 1.27. The Morgan fingerprint density at radius 1 is 1.31 bits per heavy atom. The molecule has 0 aliphatic rings. The predicted molar refractivity (Wildman–Crippen MR) is 67.6 cm³/mol. The van der Waals surface area contributed by atoms with Crippen LogP contribution in [0.2, 0.25) is 0 Å². The van der Waals surface area contributed by atoms with Crippen LogP contribution in [0.25, 0.3) is 0 Å². The van der Waals surface area contributed by atoms with Crippen LogP contribution in [0.15, 0.2) is 40.2 Å². The van der Waals surface area contributed by atoms with Crippen LogP contribution < -0.4 is 4.74 Å². The van der Waals surface area contributed by atoms with Crippen LogP contribution in [0.5, 0.6) is 5.75 Å². The third kappa shape index (κ3) is 3.32. The van der Waals surface area contributed by atoms with Crippen molar-refractivity contribution in [3.63, 3.8) is 0 Å². The molecule has 2 aromatic rings. The summed E-state index contributed by atoms with van der Waals surface area (Å²) in [5, 5.41) is 2.04. The molecule has 1 aromatic heterocycles. The van der Waals surface area contributed by atoms with Crippen molar-refractivity contribution in [1.82, 2.24) is 0 Å². The molecule has 1 aromatic carbocycles. The summed E-state index contributed by atoms with van der Waals surface area (Å²) in [7, 11) is 0. The number of benzene rings is 1. The lowest BCUT2D eigenvalue weighted by Gasteiger charge is -2.05. The molecule has 4 heteroatoms. The molecule has 0 spiro atoms. The Bertz CT molecular complexity index is 436. The first-order valence-corrected chi connectivity index (χ1v) is 6.52. The molecule has 84 valence electrons. The Morgan fingerprint density at radius 3 is 2.88 bits per heavy atom. The van der Waals surface area contributed by atoms with E-state index in [0.717, 1.165) is 6.42 Å². The van der Waals surface area contributed by atoms with Crippen molar-refractivity contribution in [2.24, 2.45) is 0 Å². The largest absolute Gasteiger partial charge is 0.493 e. The van der Waals surface area contributed by atoms with E-state index in [2.05, 4.69) is 22.0 Å². The molecule has 0 radical (unpaired) electrons. The highest BCUT2D eigenvalue weighted by Gasteiger charge is 2.00. The van der Waals surface area contributed by atoms with Gasteiger partial charge < -0.3 is 4.74 Å². The maximum absolute atomic E-state index is 13.0. The molecule has 0 atom stereocenters. The first-order valence-electron chi connectivity index (χ1n) is 4.85. The number of thiophene rings is 1. The van der Waals surface area contributed by atoms with Gasteiger partial charge in [-0.15, -0.1) is 11.3 Å². The number of hydrogen-bond acceptors (Lipinski definition) is 2. The van der Waals surface area contributed by atoms with Crippen LogP contribution in [0.4, 0.5) is 4.39 Å². The average molecular weight is 301 g/mol. The Balaban J connectivity index is 1.89. The second-order valence-electron chi connectivity index (χ2n) is 3.28. The van der Waals surface area contributed by atoms with Gasteiger partial charge in [-0.25, -0.2) is 4.39 Å². The van der Waals surface area contributed by atoms with Crippen LogP contribution in [-0.2, 0) is 6.42 Å². The molecule has 1 heterocycles. The van der Waals surface area contributed by atoms with Gasteiger partial charge in [0.25, 0.3) is 0 Å². The van der Waals surface area contributed by atoms with Crippen LogP contribution in [0.3, 0.4) is 0 Å². The summed E-state index contributed by atoms with van der Waals surface area (Å²) in [5.74, 6) is 0.268. The maximum atomic E-state index is 13.0. The van der Waals surface area contributed by atoms with Crippen LogP contribution in [0, 0.1) is 5.82 Å². The van der Waals surface area contributed by atoms with Crippen molar-refractivity contribution in [2.75, 3.05) is 6.61 Å². The Hall–Kier alpha value is -0.870. The summed E-state index contributed by atoms with van der Waals surface area (Å²) in [5.41, 5.74) is 0. The van der Waals surface area contributed by atoms with Crippen molar-refractivity contribution < 1.29 is 9.13 Å². The van der Waals surface area contributed by atoms with Gasteiger partial charge >= 0.3 is 0 Å². The minimum Gasteiger partial charge on any atom is -0.493 e.